The zero-order chi connectivity index (χ0) is 10.4. The monoisotopic (exact) mass is 207 g/mol. The molecule has 72 valence electrons. The highest BCUT2D eigenvalue weighted by molar-refractivity contribution is 7.80. The summed E-state index contributed by atoms with van der Waals surface area (Å²) in [5, 5.41) is 14.8. The molecule has 0 spiro atoms. The van der Waals surface area contributed by atoms with Gasteiger partial charge in [0.15, 0.2) is 0 Å². The van der Waals surface area contributed by atoms with E-state index in [0.717, 1.165) is 0 Å². The van der Waals surface area contributed by atoms with E-state index in [1.165, 1.54) is 0 Å². The van der Waals surface area contributed by atoms with Gasteiger partial charge in [-0.1, -0.05) is 37.4 Å². The summed E-state index contributed by atoms with van der Waals surface area (Å²) < 4.78 is 0. The maximum absolute atomic E-state index is 5.63. The number of allylic oxidation sites excluding steroid dienone is 4. The van der Waals surface area contributed by atoms with Crippen LogP contribution in [0.5, 0.6) is 0 Å². The van der Waals surface area contributed by atoms with E-state index in [-0.39, 0.29) is 11.0 Å². The predicted molar refractivity (Wildman–Crippen MR) is 56.4 cm³/mol. The zero-order valence-electron chi connectivity index (χ0n) is 7.33. The summed E-state index contributed by atoms with van der Waals surface area (Å²) in [5.41, 5.74) is 6.02. The lowest BCUT2D eigenvalue weighted by Gasteiger charge is -1.95. The zero-order valence-corrected chi connectivity index (χ0v) is 8.22. The van der Waals surface area contributed by atoms with Crippen molar-refractivity contribution in [3.8, 4) is 0 Å². The van der Waals surface area contributed by atoms with Gasteiger partial charge in [-0.2, -0.15) is 0 Å². The molecular weight excluding hydrogens is 198 g/mol. The number of thiol groups is 1. The molecule has 2 N–H and O–H groups in total. The normalized spacial score (nSPS) is 11.9. The molecule has 0 atom stereocenters. The van der Waals surface area contributed by atoms with Crippen LogP contribution in [0.25, 0.3) is 5.70 Å². The maximum atomic E-state index is 5.63. The third-order valence-corrected chi connectivity index (χ3v) is 1.43. The molecule has 0 aliphatic heterocycles. The van der Waals surface area contributed by atoms with Crippen LogP contribution in [0.15, 0.2) is 36.0 Å². The molecule has 14 heavy (non-hydrogen) atoms. The van der Waals surface area contributed by atoms with E-state index in [1.54, 1.807) is 24.3 Å². The van der Waals surface area contributed by atoms with E-state index in [9.17, 15) is 0 Å². The van der Waals surface area contributed by atoms with Crippen molar-refractivity contribution < 1.29 is 0 Å². The summed E-state index contributed by atoms with van der Waals surface area (Å²) in [7, 11) is 0. The molecule has 1 aromatic rings. The maximum Gasteiger partial charge on any atom is 0.226 e. The molecule has 0 fully saturated rings. The summed E-state index contributed by atoms with van der Waals surface area (Å²) in [5.74, 6) is 0.275. The molecule has 5 nitrogen and oxygen atoms in total. The second-order valence-electron chi connectivity index (χ2n) is 2.27. The van der Waals surface area contributed by atoms with E-state index in [0.29, 0.717) is 5.70 Å². The topological polar surface area (TPSA) is 77.6 Å². The lowest BCUT2D eigenvalue weighted by atomic mass is 10.3. The Labute approximate surface area is 86.9 Å². The second kappa shape index (κ2) is 5.13. The Hall–Kier alpha value is -1.69. The number of hydrogen-bond acceptors (Lipinski definition) is 6. The second-order valence-corrected chi connectivity index (χ2v) is 2.67. The van der Waals surface area contributed by atoms with E-state index in [4.69, 9.17) is 5.73 Å². The molecule has 0 saturated carbocycles. The van der Waals surface area contributed by atoms with Gasteiger partial charge >= 0.3 is 0 Å². The van der Waals surface area contributed by atoms with Crippen LogP contribution in [0.4, 0.5) is 0 Å². The Bertz CT molecular complexity index is 368. The summed E-state index contributed by atoms with van der Waals surface area (Å²) in [4.78, 5) is 0. The summed E-state index contributed by atoms with van der Waals surface area (Å²) in [6.07, 6.45) is 6.73. The van der Waals surface area contributed by atoms with Crippen molar-refractivity contribution in [2.45, 2.75) is 5.16 Å². The van der Waals surface area contributed by atoms with Gasteiger partial charge in [0.05, 0.1) is 5.70 Å². The van der Waals surface area contributed by atoms with Crippen molar-refractivity contribution in [2.24, 2.45) is 5.73 Å². The number of nitrogens with zero attached hydrogens (tertiary/aromatic N) is 4. The largest absolute Gasteiger partial charge is 0.396 e. The first kappa shape index (κ1) is 10.4. The molecule has 0 aromatic carbocycles. The Morgan fingerprint density at radius 2 is 1.86 bits per heavy atom. The van der Waals surface area contributed by atoms with Crippen LogP contribution in [0.1, 0.15) is 5.82 Å². The Morgan fingerprint density at radius 1 is 1.21 bits per heavy atom. The van der Waals surface area contributed by atoms with Gasteiger partial charge in [-0.3, -0.25) is 0 Å². The fraction of sp³-hybridized carbons (Fsp3) is 0. The Kier molecular flexibility index (Phi) is 3.81. The quantitative estimate of drug-likeness (QED) is 0.560. The highest BCUT2D eigenvalue weighted by Gasteiger charge is 2.00. The lowest BCUT2D eigenvalue weighted by molar-refractivity contribution is 0.733. The van der Waals surface area contributed by atoms with E-state index in [2.05, 4.69) is 39.6 Å². The van der Waals surface area contributed by atoms with Crippen molar-refractivity contribution in [1.29, 1.82) is 0 Å². The molecule has 1 rings (SSSR count). The lowest BCUT2D eigenvalue weighted by Crippen LogP contribution is -2.05. The van der Waals surface area contributed by atoms with E-state index >= 15 is 0 Å². The van der Waals surface area contributed by atoms with Crippen LogP contribution >= 0.6 is 12.6 Å². The molecular formula is C8H9N5S. The molecule has 0 amide bonds. The summed E-state index contributed by atoms with van der Waals surface area (Å²) in [6, 6.07) is 0. The van der Waals surface area contributed by atoms with Crippen molar-refractivity contribution >= 4 is 18.3 Å². The van der Waals surface area contributed by atoms with Gasteiger partial charge in [-0.25, -0.2) is 0 Å². The molecule has 0 aliphatic rings. The number of rotatable bonds is 3. The smallest absolute Gasteiger partial charge is 0.226 e. The SMILES string of the molecule is C=C/C=C\C=C(/N)c1nnc(S)nn1. The van der Waals surface area contributed by atoms with Gasteiger partial charge in [-0.15, -0.1) is 20.4 Å². The minimum atomic E-state index is 0.211. The van der Waals surface area contributed by atoms with Gasteiger partial charge in [0, 0.05) is 0 Å². The molecule has 1 heterocycles. The molecule has 1 aromatic heterocycles. The summed E-state index contributed by atoms with van der Waals surface area (Å²) in [6.45, 7) is 3.52. The molecule has 0 radical (unpaired) electrons. The van der Waals surface area contributed by atoms with Crippen LogP contribution < -0.4 is 5.73 Å². The number of aromatic nitrogens is 4. The van der Waals surface area contributed by atoms with Crippen LogP contribution in [-0.4, -0.2) is 20.4 Å². The van der Waals surface area contributed by atoms with Gasteiger partial charge in [0.2, 0.25) is 11.0 Å². The van der Waals surface area contributed by atoms with E-state index in [1.807, 2.05) is 0 Å². The van der Waals surface area contributed by atoms with E-state index < -0.39 is 0 Å². The highest BCUT2D eigenvalue weighted by Crippen LogP contribution is 2.00. The van der Waals surface area contributed by atoms with Gasteiger partial charge < -0.3 is 5.73 Å². The molecule has 0 unspecified atom stereocenters. The Morgan fingerprint density at radius 3 is 2.43 bits per heavy atom. The third kappa shape index (κ3) is 2.98. The highest BCUT2D eigenvalue weighted by atomic mass is 32.1. The Balaban J connectivity index is 2.83. The third-order valence-electron chi connectivity index (χ3n) is 1.25. The molecule has 0 aliphatic carbocycles. The standard InChI is InChI=1S/C8H9N5S/c1-2-3-4-5-6(9)7-10-12-8(14)13-11-7/h2-5H,1,9H2,(H,12,13,14)/b4-3-,6-5-. The minimum Gasteiger partial charge on any atom is -0.396 e. The first-order chi connectivity index (χ1) is 6.74. The number of hydrogen-bond donors (Lipinski definition) is 2. The van der Waals surface area contributed by atoms with Crippen LogP contribution in [0, 0.1) is 0 Å². The van der Waals surface area contributed by atoms with Gasteiger partial charge in [-0.05, 0) is 6.08 Å². The van der Waals surface area contributed by atoms with Crippen molar-refractivity contribution in [2.75, 3.05) is 0 Å². The molecule has 0 bridgehead atoms. The first-order valence-electron chi connectivity index (χ1n) is 3.75. The predicted octanol–water partition coefficient (Wildman–Crippen LogP) is 0.597. The van der Waals surface area contributed by atoms with Crippen LogP contribution in [0.3, 0.4) is 0 Å². The molecule has 0 saturated heterocycles. The van der Waals surface area contributed by atoms with Gasteiger partial charge in [0.1, 0.15) is 0 Å². The van der Waals surface area contributed by atoms with Gasteiger partial charge in [0.25, 0.3) is 0 Å². The van der Waals surface area contributed by atoms with Crippen molar-refractivity contribution in [3.63, 3.8) is 0 Å². The fourth-order valence-electron chi connectivity index (χ4n) is 0.652. The van der Waals surface area contributed by atoms with Crippen LogP contribution in [-0.2, 0) is 0 Å². The average molecular weight is 207 g/mol. The minimum absolute atomic E-state index is 0.211. The number of nitrogens with two attached hydrogens (primary N) is 1. The van der Waals surface area contributed by atoms with Crippen LogP contribution in [0.2, 0.25) is 0 Å². The molecule has 6 heteroatoms. The summed E-state index contributed by atoms with van der Waals surface area (Å²) >= 11 is 3.85. The average Bonchev–Trinajstić information content (AvgIpc) is 2.19. The van der Waals surface area contributed by atoms with Crippen molar-refractivity contribution in [1.82, 2.24) is 20.4 Å². The van der Waals surface area contributed by atoms with Crippen molar-refractivity contribution in [3.05, 3.63) is 36.7 Å². The fourth-order valence-corrected chi connectivity index (χ4v) is 0.741. The first-order valence-corrected chi connectivity index (χ1v) is 4.20.